The van der Waals surface area contributed by atoms with Crippen molar-refractivity contribution in [2.24, 2.45) is 5.41 Å². The molecule has 0 spiro atoms. The maximum absolute atomic E-state index is 3.71. The Morgan fingerprint density at radius 2 is 2.31 bits per heavy atom. The van der Waals surface area contributed by atoms with E-state index in [-0.39, 0.29) is 0 Å². The zero-order valence-corrected chi connectivity index (χ0v) is 8.73. The molecule has 1 aliphatic heterocycles. The fraction of sp³-hybridized carbons (Fsp3) is 1.00. The minimum atomic E-state index is 0.579. The highest BCUT2D eigenvalue weighted by Crippen LogP contribution is 2.29. The van der Waals surface area contributed by atoms with Crippen LogP contribution in [0.15, 0.2) is 0 Å². The zero-order chi connectivity index (χ0) is 9.15. The van der Waals surface area contributed by atoms with Crippen molar-refractivity contribution in [3.8, 4) is 0 Å². The van der Waals surface area contributed by atoms with Gasteiger partial charge >= 0.3 is 0 Å². The van der Waals surface area contributed by atoms with Crippen molar-refractivity contribution in [3.05, 3.63) is 0 Å². The van der Waals surface area contributed by atoms with Crippen molar-refractivity contribution in [2.45, 2.75) is 45.1 Å². The van der Waals surface area contributed by atoms with Gasteiger partial charge in [0.1, 0.15) is 0 Å². The van der Waals surface area contributed by atoms with Gasteiger partial charge in [-0.3, -0.25) is 0 Å². The lowest BCUT2D eigenvalue weighted by Gasteiger charge is -2.33. The van der Waals surface area contributed by atoms with Crippen molar-refractivity contribution in [3.63, 3.8) is 0 Å². The van der Waals surface area contributed by atoms with E-state index >= 15 is 0 Å². The molecule has 1 saturated carbocycles. The quantitative estimate of drug-likeness (QED) is 0.689. The molecule has 1 saturated heterocycles. The van der Waals surface area contributed by atoms with Crippen molar-refractivity contribution >= 4 is 0 Å². The highest BCUT2D eigenvalue weighted by Gasteiger charge is 2.32. The summed E-state index contributed by atoms with van der Waals surface area (Å²) < 4.78 is 0. The Balaban J connectivity index is 1.75. The van der Waals surface area contributed by atoms with E-state index in [2.05, 4.69) is 17.6 Å². The normalized spacial score (nSPS) is 34.8. The molecule has 2 rings (SSSR count). The van der Waals surface area contributed by atoms with Gasteiger partial charge in [-0.25, -0.2) is 0 Å². The van der Waals surface area contributed by atoms with E-state index < -0.39 is 0 Å². The van der Waals surface area contributed by atoms with Gasteiger partial charge in [0, 0.05) is 19.1 Å². The molecule has 2 N–H and O–H groups in total. The molecule has 1 heterocycles. The summed E-state index contributed by atoms with van der Waals surface area (Å²) in [4.78, 5) is 0. The first kappa shape index (κ1) is 9.47. The Bertz CT molecular complexity index is 157. The maximum Gasteiger partial charge on any atom is 0.00673 e. The molecule has 1 atom stereocenters. The molecule has 0 radical (unpaired) electrons. The average molecular weight is 182 g/mol. The van der Waals surface area contributed by atoms with E-state index in [1.807, 2.05) is 0 Å². The van der Waals surface area contributed by atoms with Gasteiger partial charge in [-0.2, -0.15) is 0 Å². The van der Waals surface area contributed by atoms with E-state index in [0.29, 0.717) is 5.41 Å². The topological polar surface area (TPSA) is 24.1 Å². The minimum absolute atomic E-state index is 0.579. The highest BCUT2D eigenvalue weighted by atomic mass is 15.0. The summed E-state index contributed by atoms with van der Waals surface area (Å²) >= 11 is 0. The molecular weight excluding hydrogens is 160 g/mol. The van der Waals surface area contributed by atoms with Crippen molar-refractivity contribution in [1.29, 1.82) is 0 Å². The molecule has 0 aromatic carbocycles. The second-order valence-corrected chi connectivity index (χ2v) is 4.79. The molecule has 13 heavy (non-hydrogen) atoms. The summed E-state index contributed by atoms with van der Waals surface area (Å²) in [5.41, 5.74) is 0.579. The Labute approximate surface area is 81.5 Å². The first-order chi connectivity index (χ1) is 6.35. The van der Waals surface area contributed by atoms with E-state index in [1.165, 1.54) is 51.7 Å². The molecule has 0 bridgehead atoms. The Morgan fingerprint density at radius 3 is 2.77 bits per heavy atom. The number of hydrogen-bond acceptors (Lipinski definition) is 2. The van der Waals surface area contributed by atoms with Gasteiger partial charge in [0.15, 0.2) is 0 Å². The third kappa shape index (κ3) is 2.05. The minimum Gasteiger partial charge on any atom is -0.316 e. The van der Waals surface area contributed by atoms with Crippen LogP contribution in [0.4, 0.5) is 0 Å². The smallest absolute Gasteiger partial charge is 0.00673 e. The summed E-state index contributed by atoms with van der Waals surface area (Å²) in [5, 5.41) is 7.20. The van der Waals surface area contributed by atoms with Crippen molar-refractivity contribution in [1.82, 2.24) is 10.6 Å². The second kappa shape index (κ2) is 3.97. The fourth-order valence-electron chi connectivity index (χ4n) is 2.35. The van der Waals surface area contributed by atoms with Gasteiger partial charge < -0.3 is 10.6 Å². The van der Waals surface area contributed by atoms with Crippen LogP contribution in [0.3, 0.4) is 0 Å². The predicted molar refractivity (Wildman–Crippen MR) is 55.9 cm³/mol. The molecule has 76 valence electrons. The summed E-state index contributed by atoms with van der Waals surface area (Å²) in [6.45, 7) is 6.01. The first-order valence-electron chi connectivity index (χ1n) is 5.79. The van der Waals surface area contributed by atoms with Crippen LogP contribution in [0.1, 0.15) is 39.0 Å². The average Bonchev–Trinajstić information content (AvgIpc) is 2.51. The lowest BCUT2D eigenvalue weighted by molar-refractivity contribution is 0.242. The third-order valence-electron chi connectivity index (χ3n) is 3.95. The van der Waals surface area contributed by atoms with Crippen molar-refractivity contribution < 1.29 is 0 Å². The van der Waals surface area contributed by atoms with Crippen molar-refractivity contribution in [2.75, 3.05) is 19.6 Å². The maximum atomic E-state index is 3.71. The van der Waals surface area contributed by atoms with Gasteiger partial charge in [-0.05, 0) is 37.6 Å². The standard InChI is InChI=1S/C11H22N2/c1-2-11(6-7-12-8-11)9-13-10-4-3-5-10/h10,12-13H,2-9H2,1H3. The van der Waals surface area contributed by atoms with Crippen LogP contribution in [-0.2, 0) is 0 Å². The highest BCUT2D eigenvalue weighted by molar-refractivity contribution is 4.90. The van der Waals surface area contributed by atoms with Crippen LogP contribution in [-0.4, -0.2) is 25.7 Å². The number of rotatable bonds is 4. The molecule has 0 aromatic rings. The largest absolute Gasteiger partial charge is 0.316 e. The van der Waals surface area contributed by atoms with Crippen LogP contribution in [0, 0.1) is 5.41 Å². The second-order valence-electron chi connectivity index (χ2n) is 4.79. The summed E-state index contributed by atoms with van der Waals surface area (Å²) in [5.74, 6) is 0. The molecule has 1 aliphatic carbocycles. The van der Waals surface area contributed by atoms with E-state index in [4.69, 9.17) is 0 Å². The first-order valence-corrected chi connectivity index (χ1v) is 5.79. The van der Waals surface area contributed by atoms with Crippen LogP contribution in [0.25, 0.3) is 0 Å². The van der Waals surface area contributed by atoms with Gasteiger partial charge in [-0.15, -0.1) is 0 Å². The molecule has 2 aliphatic rings. The van der Waals surface area contributed by atoms with Crippen LogP contribution >= 0.6 is 0 Å². The van der Waals surface area contributed by atoms with Crippen LogP contribution in [0.5, 0.6) is 0 Å². The summed E-state index contributed by atoms with van der Waals surface area (Å²) in [6, 6.07) is 0.851. The summed E-state index contributed by atoms with van der Waals surface area (Å²) in [7, 11) is 0. The fourth-order valence-corrected chi connectivity index (χ4v) is 2.35. The van der Waals surface area contributed by atoms with E-state index in [1.54, 1.807) is 0 Å². The zero-order valence-electron chi connectivity index (χ0n) is 8.73. The number of nitrogens with one attached hydrogen (secondary N) is 2. The van der Waals surface area contributed by atoms with E-state index in [9.17, 15) is 0 Å². The van der Waals surface area contributed by atoms with Crippen LogP contribution < -0.4 is 10.6 Å². The molecule has 2 nitrogen and oxygen atoms in total. The lowest BCUT2D eigenvalue weighted by atomic mass is 9.83. The van der Waals surface area contributed by atoms with Gasteiger partial charge in [0.2, 0.25) is 0 Å². The Hall–Kier alpha value is -0.0800. The molecule has 1 unspecified atom stereocenters. The monoisotopic (exact) mass is 182 g/mol. The number of hydrogen-bond donors (Lipinski definition) is 2. The van der Waals surface area contributed by atoms with Gasteiger partial charge in [0.05, 0.1) is 0 Å². The Morgan fingerprint density at radius 1 is 1.46 bits per heavy atom. The molecular formula is C11H22N2. The molecule has 0 aromatic heterocycles. The third-order valence-corrected chi connectivity index (χ3v) is 3.95. The lowest BCUT2D eigenvalue weighted by Crippen LogP contribution is -2.43. The van der Waals surface area contributed by atoms with Gasteiger partial charge in [-0.1, -0.05) is 13.3 Å². The van der Waals surface area contributed by atoms with E-state index in [0.717, 1.165) is 6.04 Å². The Kier molecular flexibility index (Phi) is 2.89. The molecule has 2 heteroatoms. The van der Waals surface area contributed by atoms with Gasteiger partial charge in [0.25, 0.3) is 0 Å². The molecule has 0 amide bonds. The van der Waals surface area contributed by atoms with Crippen LogP contribution in [0.2, 0.25) is 0 Å². The SMILES string of the molecule is CCC1(CNC2CCC2)CCNC1. The molecule has 2 fully saturated rings. The predicted octanol–water partition coefficient (Wildman–Crippen LogP) is 1.52. The summed E-state index contributed by atoms with van der Waals surface area (Å²) in [6.07, 6.45) is 6.94.